The molecular weight excluding hydrogens is 384 g/mol. The van der Waals surface area contributed by atoms with Gasteiger partial charge in [-0.1, -0.05) is 12.1 Å². The first-order chi connectivity index (χ1) is 14.0. The van der Waals surface area contributed by atoms with Crippen molar-refractivity contribution in [1.82, 2.24) is 15.1 Å². The van der Waals surface area contributed by atoms with Crippen molar-refractivity contribution < 1.29 is 14.3 Å². The second kappa shape index (κ2) is 10.2. The van der Waals surface area contributed by atoms with Crippen LogP contribution in [0.3, 0.4) is 0 Å². The Morgan fingerprint density at radius 3 is 2.20 bits per heavy atom. The highest BCUT2D eigenvalue weighted by Crippen LogP contribution is 2.13. The van der Waals surface area contributed by atoms with E-state index in [1.165, 1.54) is 0 Å². The molecule has 30 heavy (non-hydrogen) atoms. The van der Waals surface area contributed by atoms with E-state index < -0.39 is 5.60 Å². The quantitative estimate of drug-likeness (QED) is 0.514. The number of aliphatic imine (C=N–C) groups is 1. The first-order valence-electron chi connectivity index (χ1n) is 10.2. The Bertz CT molecular complexity index is 747. The Balaban J connectivity index is 1.81. The minimum atomic E-state index is -0.502. The monoisotopic (exact) mass is 418 g/mol. The molecule has 0 bridgehead atoms. The fraction of sp³-hybridized carbons (Fsp3) is 0.571. The van der Waals surface area contributed by atoms with E-state index in [4.69, 9.17) is 10.5 Å². The average Bonchev–Trinajstić information content (AvgIpc) is 2.65. The maximum Gasteiger partial charge on any atom is 0.410 e. The number of nitrogens with one attached hydrogen (secondary N) is 2. The molecule has 1 heterocycles. The fourth-order valence-corrected chi connectivity index (χ4v) is 2.84. The van der Waals surface area contributed by atoms with Crippen molar-refractivity contribution in [3.63, 3.8) is 0 Å². The van der Waals surface area contributed by atoms with E-state index in [-0.39, 0.29) is 18.2 Å². The minimum absolute atomic E-state index is 0.0765. The highest BCUT2D eigenvalue weighted by molar-refractivity contribution is 5.89. The Hall–Kier alpha value is -2.97. The van der Waals surface area contributed by atoms with Gasteiger partial charge in [-0.05, 0) is 52.3 Å². The second-order valence-electron chi connectivity index (χ2n) is 8.58. The third kappa shape index (κ3) is 7.81. The number of benzene rings is 1. The largest absolute Gasteiger partial charge is 0.444 e. The van der Waals surface area contributed by atoms with E-state index in [0.29, 0.717) is 44.4 Å². The van der Waals surface area contributed by atoms with Gasteiger partial charge >= 0.3 is 12.1 Å². The topological polar surface area (TPSA) is 112 Å². The zero-order chi connectivity index (χ0) is 22.3. The lowest BCUT2D eigenvalue weighted by molar-refractivity contribution is 0.0186. The van der Waals surface area contributed by atoms with Gasteiger partial charge in [0.05, 0.1) is 6.54 Å². The summed E-state index contributed by atoms with van der Waals surface area (Å²) in [6.07, 6.45) is -0.298. The standard InChI is InChI=1S/C21H34N6O3/c1-15(2)24-19(28)25-17-8-6-16(7-9-17)14-23-18(22)26-10-12-27(13-11-26)20(29)30-21(3,4)5/h6-9,15H,10-14H2,1-5H3,(H2,22,23)(H2,24,25,28). The van der Waals surface area contributed by atoms with Gasteiger partial charge in [0.15, 0.2) is 5.96 Å². The van der Waals surface area contributed by atoms with Crippen molar-refractivity contribution in [2.75, 3.05) is 31.5 Å². The third-order valence-corrected chi connectivity index (χ3v) is 4.31. The van der Waals surface area contributed by atoms with Crippen LogP contribution in [0.5, 0.6) is 0 Å². The summed E-state index contributed by atoms with van der Waals surface area (Å²) < 4.78 is 5.41. The van der Waals surface area contributed by atoms with Crippen LogP contribution in [0.25, 0.3) is 0 Å². The molecule has 0 aromatic heterocycles. The summed E-state index contributed by atoms with van der Waals surface area (Å²) in [4.78, 5) is 32.0. The molecule has 0 radical (unpaired) electrons. The van der Waals surface area contributed by atoms with Crippen molar-refractivity contribution in [3.8, 4) is 0 Å². The number of nitrogens with zero attached hydrogens (tertiary/aromatic N) is 3. The lowest BCUT2D eigenvalue weighted by Crippen LogP contribution is -2.53. The number of anilines is 1. The van der Waals surface area contributed by atoms with Gasteiger partial charge in [-0.2, -0.15) is 0 Å². The van der Waals surface area contributed by atoms with E-state index in [0.717, 1.165) is 5.56 Å². The smallest absolute Gasteiger partial charge is 0.410 e. The van der Waals surface area contributed by atoms with Crippen LogP contribution in [0.4, 0.5) is 15.3 Å². The van der Waals surface area contributed by atoms with Gasteiger partial charge in [-0.15, -0.1) is 0 Å². The summed E-state index contributed by atoms with van der Waals surface area (Å²) in [5.74, 6) is 0.456. The summed E-state index contributed by atoms with van der Waals surface area (Å²) in [6, 6.07) is 7.32. The Morgan fingerprint density at radius 1 is 1.10 bits per heavy atom. The molecule has 0 atom stereocenters. The van der Waals surface area contributed by atoms with Crippen LogP contribution >= 0.6 is 0 Å². The van der Waals surface area contributed by atoms with E-state index >= 15 is 0 Å². The lowest BCUT2D eigenvalue weighted by Gasteiger charge is -2.36. The van der Waals surface area contributed by atoms with E-state index in [1.807, 2.05) is 63.8 Å². The first kappa shape index (κ1) is 23.3. The molecule has 0 unspecified atom stereocenters. The Morgan fingerprint density at radius 2 is 1.67 bits per heavy atom. The van der Waals surface area contributed by atoms with Gasteiger partial charge in [0.25, 0.3) is 0 Å². The molecule has 9 heteroatoms. The number of ether oxygens (including phenoxy) is 1. The van der Waals surface area contributed by atoms with Crippen LogP contribution in [0, 0.1) is 0 Å². The molecule has 0 spiro atoms. The van der Waals surface area contributed by atoms with Crippen molar-refractivity contribution in [3.05, 3.63) is 29.8 Å². The van der Waals surface area contributed by atoms with E-state index in [1.54, 1.807) is 4.90 Å². The predicted octanol–water partition coefficient (Wildman–Crippen LogP) is 2.58. The zero-order valence-corrected chi connectivity index (χ0v) is 18.6. The summed E-state index contributed by atoms with van der Waals surface area (Å²) in [6.45, 7) is 12.1. The van der Waals surface area contributed by atoms with Crippen molar-refractivity contribution in [2.24, 2.45) is 10.7 Å². The lowest BCUT2D eigenvalue weighted by atomic mass is 10.2. The van der Waals surface area contributed by atoms with Crippen molar-refractivity contribution in [2.45, 2.75) is 52.8 Å². The molecule has 1 aliphatic heterocycles. The molecule has 1 aromatic carbocycles. The number of guanidine groups is 1. The molecule has 2 rings (SSSR count). The summed E-state index contributed by atoms with van der Waals surface area (Å²) in [5, 5.41) is 5.56. The number of carbonyl (C=O) groups is 2. The van der Waals surface area contributed by atoms with E-state index in [2.05, 4.69) is 15.6 Å². The molecule has 1 aliphatic rings. The molecule has 1 saturated heterocycles. The average molecular weight is 419 g/mol. The van der Waals surface area contributed by atoms with Crippen LogP contribution in [-0.2, 0) is 11.3 Å². The molecule has 4 N–H and O–H groups in total. The number of urea groups is 1. The number of hydrogen-bond donors (Lipinski definition) is 3. The van der Waals surface area contributed by atoms with Crippen LogP contribution in [0.2, 0.25) is 0 Å². The molecule has 166 valence electrons. The van der Waals surface area contributed by atoms with Crippen molar-refractivity contribution in [1.29, 1.82) is 0 Å². The fourth-order valence-electron chi connectivity index (χ4n) is 2.84. The minimum Gasteiger partial charge on any atom is -0.444 e. The predicted molar refractivity (Wildman–Crippen MR) is 118 cm³/mol. The first-order valence-corrected chi connectivity index (χ1v) is 10.2. The number of nitrogens with two attached hydrogens (primary N) is 1. The van der Waals surface area contributed by atoms with Crippen LogP contribution in [0.1, 0.15) is 40.2 Å². The van der Waals surface area contributed by atoms with Crippen LogP contribution in [0.15, 0.2) is 29.3 Å². The summed E-state index contributed by atoms with van der Waals surface area (Å²) >= 11 is 0. The Kier molecular flexibility index (Phi) is 7.91. The number of carbonyl (C=O) groups excluding carboxylic acids is 2. The SMILES string of the molecule is CC(C)NC(=O)Nc1ccc(CN=C(N)N2CCN(C(=O)OC(C)(C)C)CC2)cc1. The van der Waals surface area contributed by atoms with Gasteiger partial charge < -0.3 is 30.9 Å². The molecule has 9 nitrogen and oxygen atoms in total. The maximum absolute atomic E-state index is 12.1. The molecule has 1 aromatic rings. The Labute approximate surface area is 178 Å². The summed E-state index contributed by atoms with van der Waals surface area (Å²) in [7, 11) is 0. The van der Waals surface area contributed by atoms with Gasteiger partial charge in [0.2, 0.25) is 0 Å². The molecule has 0 aliphatic carbocycles. The summed E-state index contributed by atoms with van der Waals surface area (Å²) in [5.41, 5.74) is 7.34. The molecular formula is C21H34N6O3. The number of rotatable bonds is 4. The van der Waals surface area contributed by atoms with Crippen LogP contribution < -0.4 is 16.4 Å². The van der Waals surface area contributed by atoms with Gasteiger partial charge in [-0.25, -0.2) is 14.6 Å². The van der Waals surface area contributed by atoms with Crippen molar-refractivity contribution >= 4 is 23.8 Å². The molecule has 1 fully saturated rings. The maximum atomic E-state index is 12.1. The molecule has 0 saturated carbocycles. The van der Waals surface area contributed by atoms with Crippen LogP contribution in [-0.4, -0.2) is 65.7 Å². The second-order valence-corrected chi connectivity index (χ2v) is 8.58. The third-order valence-electron chi connectivity index (χ3n) is 4.31. The number of hydrogen-bond acceptors (Lipinski definition) is 4. The van der Waals surface area contributed by atoms with Gasteiger partial charge in [0.1, 0.15) is 5.60 Å². The van der Waals surface area contributed by atoms with E-state index in [9.17, 15) is 9.59 Å². The van der Waals surface area contributed by atoms with Gasteiger partial charge in [0, 0.05) is 37.9 Å². The zero-order valence-electron chi connectivity index (χ0n) is 18.6. The highest BCUT2D eigenvalue weighted by Gasteiger charge is 2.26. The normalized spacial score (nSPS) is 15.2. The van der Waals surface area contributed by atoms with Gasteiger partial charge in [-0.3, -0.25) is 0 Å². The number of piperazine rings is 1. The number of amides is 3. The highest BCUT2D eigenvalue weighted by atomic mass is 16.6. The molecule has 3 amide bonds.